The molecule has 0 unspecified atom stereocenters. The molecular formula is C10H18O2. The Bertz CT molecular complexity index is 167. The highest BCUT2D eigenvalue weighted by molar-refractivity contribution is 4.92. The van der Waals surface area contributed by atoms with Gasteiger partial charge in [0.15, 0.2) is 6.29 Å². The summed E-state index contributed by atoms with van der Waals surface area (Å²) >= 11 is 0. The molecule has 0 aromatic carbocycles. The largest absolute Gasteiger partial charge is 0.346 e. The fourth-order valence-electron chi connectivity index (χ4n) is 1.13. The zero-order valence-electron chi connectivity index (χ0n) is 8.33. The lowest BCUT2D eigenvalue weighted by Crippen LogP contribution is -2.32. The molecule has 70 valence electrons. The van der Waals surface area contributed by atoms with Crippen LogP contribution < -0.4 is 0 Å². The molecule has 0 aromatic rings. The molecule has 2 heteroatoms. The van der Waals surface area contributed by atoms with Crippen LogP contribution in [0.5, 0.6) is 0 Å². The van der Waals surface area contributed by atoms with Crippen molar-refractivity contribution in [3.63, 3.8) is 0 Å². The first-order chi connectivity index (χ1) is 5.47. The second kappa shape index (κ2) is 3.58. The Morgan fingerprint density at radius 1 is 1.42 bits per heavy atom. The van der Waals surface area contributed by atoms with Crippen molar-refractivity contribution in [2.45, 2.75) is 52.1 Å². The predicted octanol–water partition coefficient (Wildman–Crippen LogP) is 2.49. The average Bonchev–Trinajstić information content (AvgIpc) is 1.82. The third kappa shape index (κ3) is 3.37. The molecule has 0 fully saturated rings. The second-order valence-electron chi connectivity index (χ2n) is 4.21. The predicted molar refractivity (Wildman–Crippen MR) is 48.9 cm³/mol. The van der Waals surface area contributed by atoms with Gasteiger partial charge in [0.1, 0.15) is 0 Å². The Labute approximate surface area is 74.6 Å². The molecule has 1 aliphatic rings. The molecule has 2 atom stereocenters. The average molecular weight is 170 g/mol. The number of ether oxygens (including phenoxy) is 2. The van der Waals surface area contributed by atoms with Crippen LogP contribution in [0.25, 0.3) is 0 Å². The van der Waals surface area contributed by atoms with Crippen molar-refractivity contribution in [3.8, 4) is 0 Å². The summed E-state index contributed by atoms with van der Waals surface area (Å²) < 4.78 is 11.2. The summed E-state index contributed by atoms with van der Waals surface area (Å²) in [5.41, 5.74) is -0.133. The summed E-state index contributed by atoms with van der Waals surface area (Å²) in [4.78, 5) is 0. The van der Waals surface area contributed by atoms with Gasteiger partial charge in [-0.1, -0.05) is 6.08 Å². The van der Waals surface area contributed by atoms with E-state index in [4.69, 9.17) is 9.47 Å². The minimum atomic E-state index is -0.159. The summed E-state index contributed by atoms with van der Waals surface area (Å²) in [6, 6.07) is 0. The van der Waals surface area contributed by atoms with E-state index < -0.39 is 0 Å². The van der Waals surface area contributed by atoms with Gasteiger partial charge in [0, 0.05) is 0 Å². The van der Waals surface area contributed by atoms with E-state index in [2.05, 4.69) is 13.0 Å². The van der Waals surface area contributed by atoms with Crippen LogP contribution in [0.1, 0.15) is 34.1 Å². The van der Waals surface area contributed by atoms with Gasteiger partial charge in [0.25, 0.3) is 0 Å². The molecule has 0 amide bonds. The summed E-state index contributed by atoms with van der Waals surface area (Å²) in [7, 11) is 0. The van der Waals surface area contributed by atoms with Crippen molar-refractivity contribution in [1.82, 2.24) is 0 Å². The van der Waals surface area contributed by atoms with Crippen LogP contribution in [0.2, 0.25) is 0 Å². The van der Waals surface area contributed by atoms with Gasteiger partial charge < -0.3 is 9.47 Å². The van der Waals surface area contributed by atoms with Crippen molar-refractivity contribution in [3.05, 3.63) is 12.2 Å². The topological polar surface area (TPSA) is 18.5 Å². The van der Waals surface area contributed by atoms with Crippen LogP contribution in [0.3, 0.4) is 0 Å². The lowest BCUT2D eigenvalue weighted by atomic mass is 10.2. The number of rotatable bonds is 1. The van der Waals surface area contributed by atoms with E-state index in [-0.39, 0.29) is 18.0 Å². The van der Waals surface area contributed by atoms with Gasteiger partial charge in [0.2, 0.25) is 0 Å². The SMILES string of the molecule is C[C@H]1CC=C[C@@H](OC(C)(C)C)O1. The molecule has 1 rings (SSSR count). The van der Waals surface area contributed by atoms with Crippen LogP contribution in [-0.4, -0.2) is 18.0 Å². The molecule has 0 spiro atoms. The van der Waals surface area contributed by atoms with Gasteiger partial charge >= 0.3 is 0 Å². The van der Waals surface area contributed by atoms with Gasteiger partial charge in [-0.15, -0.1) is 0 Å². The van der Waals surface area contributed by atoms with Gasteiger partial charge in [-0.05, 0) is 40.2 Å². The van der Waals surface area contributed by atoms with Crippen molar-refractivity contribution in [2.75, 3.05) is 0 Å². The third-order valence-electron chi connectivity index (χ3n) is 1.60. The van der Waals surface area contributed by atoms with E-state index in [1.165, 1.54) is 0 Å². The van der Waals surface area contributed by atoms with Gasteiger partial charge in [0.05, 0.1) is 11.7 Å². The molecule has 12 heavy (non-hydrogen) atoms. The molecule has 0 saturated carbocycles. The fraction of sp³-hybridized carbons (Fsp3) is 0.800. The van der Waals surface area contributed by atoms with E-state index >= 15 is 0 Å². The van der Waals surface area contributed by atoms with E-state index in [0.29, 0.717) is 0 Å². The summed E-state index contributed by atoms with van der Waals surface area (Å²) in [5.74, 6) is 0. The smallest absolute Gasteiger partial charge is 0.177 e. The summed E-state index contributed by atoms with van der Waals surface area (Å²) in [6.45, 7) is 8.15. The molecule has 0 aliphatic carbocycles. The molecule has 0 saturated heterocycles. The van der Waals surface area contributed by atoms with Gasteiger partial charge in [-0.25, -0.2) is 0 Å². The standard InChI is InChI=1S/C10H18O2/c1-8-6-5-7-9(11-8)12-10(2,3)4/h5,7-9H,6H2,1-4H3/t8-,9+/m0/s1. The number of hydrogen-bond donors (Lipinski definition) is 0. The molecule has 0 aromatic heterocycles. The minimum Gasteiger partial charge on any atom is -0.346 e. The minimum absolute atomic E-state index is 0.133. The van der Waals surface area contributed by atoms with Crippen LogP contribution in [-0.2, 0) is 9.47 Å². The quantitative estimate of drug-likeness (QED) is 0.563. The first kappa shape index (κ1) is 9.75. The van der Waals surface area contributed by atoms with Crippen molar-refractivity contribution < 1.29 is 9.47 Å². The molecule has 0 radical (unpaired) electrons. The Morgan fingerprint density at radius 3 is 2.58 bits per heavy atom. The Hall–Kier alpha value is -0.340. The Balaban J connectivity index is 2.43. The monoisotopic (exact) mass is 170 g/mol. The highest BCUT2D eigenvalue weighted by Crippen LogP contribution is 2.18. The molecule has 0 N–H and O–H groups in total. The van der Waals surface area contributed by atoms with Crippen LogP contribution in [0, 0.1) is 0 Å². The van der Waals surface area contributed by atoms with Gasteiger partial charge in [-0.2, -0.15) is 0 Å². The van der Waals surface area contributed by atoms with Crippen molar-refractivity contribution in [2.24, 2.45) is 0 Å². The summed E-state index contributed by atoms with van der Waals surface area (Å²) in [6.07, 6.45) is 5.20. The van der Waals surface area contributed by atoms with E-state index in [1.807, 2.05) is 26.8 Å². The highest BCUT2D eigenvalue weighted by Gasteiger charge is 2.20. The zero-order chi connectivity index (χ0) is 9.19. The van der Waals surface area contributed by atoms with E-state index in [0.717, 1.165) is 6.42 Å². The lowest BCUT2D eigenvalue weighted by Gasteiger charge is -2.29. The molecule has 1 aliphatic heterocycles. The normalized spacial score (nSPS) is 30.7. The molecule has 0 bridgehead atoms. The Kier molecular flexibility index (Phi) is 2.91. The number of hydrogen-bond acceptors (Lipinski definition) is 2. The maximum absolute atomic E-state index is 5.64. The molecular weight excluding hydrogens is 152 g/mol. The molecule has 2 nitrogen and oxygen atoms in total. The maximum atomic E-state index is 5.64. The van der Waals surface area contributed by atoms with Gasteiger partial charge in [-0.3, -0.25) is 0 Å². The first-order valence-electron chi connectivity index (χ1n) is 4.47. The summed E-state index contributed by atoms with van der Waals surface area (Å²) in [5, 5.41) is 0. The Morgan fingerprint density at radius 2 is 2.08 bits per heavy atom. The van der Waals surface area contributed by atoms with Crippen LogP contribution in [0.15, 0.2) is 12.2 Å². The van der Waals surface area contributed by atoms with E-state index in [1.54, 1.807) is 0 Å². The van der Waals surface area contributed by atoms with Crippen molar-refractivity contribution in [1.29, 1.82) is 0 Å². The second-order valence-corrected chi connectivity index (χ2v) is 4.21. The van der Waals surface area contributed by atoms with Crippen LogP contribution in [0.4, 0.5) is 0 Å². The van der Waals surface area contributed by atoms with Crippen LogP contribution >= 0.6 is 0 Å². The lowest BCUT2D eigenvalue weighted by molar-refractivity contribution is -0.191. The first-order valence-corrected chi connectivity index (χ1v) is 4.47. The maximum Gasteiger partial charge on any atom is 0.177 e. The van der Waals surface area contributed by atoms with E-state index in [9.17, 15) is 0 Å². The third-order valence-corrected chi connectivity index (χ3v) is 1.60. The van der Waals surface area contributed by atoms with Crippen molar-refractivity contribution >= 4 is 0 Å². The fourth-order valence-corrected chi connectivity index (χ4v) is 1.13. The highest BCUT2D eigenvalue weighted by atomic mass is 16.7. The zero-order valence-corrected chi connectivity index (χ0v) is 8.33. The molecule has 1 heterocycles.